The van der Waals surface area contributed by atoms with Gasteiger partial charge in [-0.05, 0) is 45.8 Å². The molecule has 0 heterocycles. The van der Waals surface area contributed by atoms with E-state index in [0.29, 0.717) is 12.1 Å². The normalized spacial score (nSPS) is 12.5. The molecule has 0 fully saturated rings. The maximum absolute atomic E-state index is 14.0. The lowest BCUT2D eigenvalue weighted by molar-refractivity contribution is 0.440. The molecule has 2 nitrogen and oxygen atoms in total. The van der Waals surface area contributed by atoms with Crippen LogP contribution in [0, 0.1) is 29.1 Å². The van der Waals surface area contributed by atoms with E-state index in [-0.39, 0.29) is 10.0 Å². The van der Waals surface area contributed by atoms with Crippen molar-refractivity contribution >= 4 is 15.9 Å². The van der Waals surface area contributed by atoms with Crippen LogP contribution in [0.5, 0.6) is 0 Å². The predicted octanol–water partition coefficient (Wildman–Crippen LogP) is 3.70. The smallest absolute Gasteiger partial charge is 0.194 e. The topological polar surface area (TPSA) is 38.0 Å². The minimum atomic E-state index is -1.68. The van der Waals surface area contributed by atoms with Crippen molar-refractivity contribution in [1.82, 2.24) is 5.43 Å². The van der Waals surface area contributed by atoms with E-state index in [4.69, 9.17) is 5.84 Å². The van der Waals surface area contributed by atoms with Crippen LogP contribution in [0.2, 0.25) is 0 Å². The highest BCUT2D eigenvalue weighted by atomic mass is 79.9. The average molecular weight is 367 g/mol. The molecule has 0 saturated heterocycles. The van der Waals surface area contributed by atoms with Gasteiger partial charge < -0.3 is 0 Å². The number of nitrogens with two attached hydrogens (primary N) is 1. The molecule has 0 saturated carbocycles. The number of halogens is 6. The third-order valence-corrected chi connectivity index (χ3v) is 3.49. The van der Waals surface area contributed by atoms with Gasteiger partial charge in [0.1, 0.15) is 11.6 Å². The molecule has 2 rings (SSSR count). The predicted molar refractivity (Wildman–Crippen MR) is 69.5 cm³/mol. The second kappa shape index (κ2) is 6.08. The van der Waals surface area contributed by atoms with Crippen molar-refractivity contribution in [3.8, 4) is 0 Å². The number of nitrogens with one attached hydrogen (secondary N) is 1. The van der Waals surface area contributed by atoms with Crippen LogP contribution in [0.15, 0.2) is 28.7 Å². The maximum atomic E-state index is 14.0. The fourth-order valence-corrected chi connectivity index (χ4v) is 2.24. The first-order valence-electron chi connectivity index (χ1n) is 5.60. The molecule has 0 aromatic heterocycles. The lowest BCUT2D eigenvalue weighted by Gasteiger charge is -2.19. The van der Waals surface area contributed by atoms with Gasteiger partial charge in [0.2, 0.25) is 0 Å². The lowest BCUT2D eigenvalue weighted by atomic mass is 9.98. The van der Waals surface area contributed by atoms with Gasteiger partial charge in [0.05, 0.1) is 10.5 Å². The van der Waals surface area contributed by atoms with Gasteiger partial charge in [-0.3, -0.25) is 5.84 Å². The number of rotatable bonds is 3. The second-order valence-corrected chi connectivity index (χ2v) is 5.01. The zero-order valence-corrected chi connectivity index (χ0v) is 11.8. The molecule has 0 spiro atoms. The van der Waals surface area contributed by atoms with Gasteiger partial charge in [0.25, 0.3) is 0 Å². The Labute approximate surface area is 124 Å². The maximum Gasteiger partial charge on any atom is 0.194 e. The second-order valence-electron chi connectivity index (χ2n) is 4.16. The fraction of sp³-hybridized carbons (Fsp3) is 0.0769. The standard InChI is InChI=1S/C13H8BrF5N2/c14-6-1-2-7(15)10(11(6)18)13(21-20)5-3-8(16)12(19)9(17)4-5/h1-4,13,21H,20H2. The minimum absolute atomic E-state index is 0.0535. The SMILES string of the molecule is NNC(c1cc(F)c(F)c(F)c1)c1c(F)ccc(Br)c1F. The summed E-state index contributed by atoms with van der Waals surface area (Å²) in [6, 6.07) is 1.93. The summed E-state index contributed by atoms with van der Waals surface area (Å²) in [4.78, 5) is 0. The van der Waals surface area contributed by atoms with E-state index in [1.54, 1.807) is 0 Å². The summed E-state index contributed by atoms with van der Waals surface area (Å²) in [5.74, 6) is -1.37. The Morgan fingerprint density at radius 1 is 0.905 bits per heavy atom. The summed E-state index contributed by atoms with van der Waals surface area (Å²) in [5.41, 5.74) is 1.26. The number of hydrogen-bond acceptors (Lipinski definition) is 2. The largest absolute Gasteiger partial charge is 0.271 e. The molecule has 8 heteroatoms. The Kier molecular flexibility index (Phi) is 4.60. The number of benzene rings is 2. The van der Waals surface area contributed by atoms with E-state index in [2.05, 4.69) is 21.4 Å². The molecule has 1 unspecified atom stereocenters. The molecule has 112 valence electrons. The third kappa shape index (κ3) is 2.92. The molecule has 1 atom stereocenters. The van der Waals surface area contributed by atoms with Crippen LogP contribution < -0.4 is 11.3 Å². The third-order valence-electron chi connectivity index (χ3n) is 2.87. The highest BCUT2D eigenvalue weighted by Crippen LogP contribution is 2.31. The van der Waals surface area contributed by atoms with E-state index in [1.165, 1.54) is 0 Å². The van der Waals surface area contributed by atoms with Crippen LogP contribution in [0.3, 0.4) is 0 Å². The summed E-state index contributed by atoms with van der Waals surface area (Å²) in [6.45, 7) is 0. The van der Waals surface area contributed by atoms with Crippen LogP contribution in [-0.2, 0) is 0 Å². The van der Waals surface area contributed by atoms with E-state index < -0.39 is 40.7 Å². The van der Waals surface area contributed by atoms with Crippen LogP contribution in [0.4, 0.5) is 22.0 Å². The van der Waals surface area contributed by atoms with Crippen LogP contribution in [0.25, 0.3) is 0 Å². The van der Waals surface area contributed by atoms with Crippen LogP contribution in [-0.4, -0.2) is 0 Å². The molecular weight excluding hydrogens is 359 g/mol. The molecule has 2 aromatic carbocycles. The van der Waals surface area contributed by atoms with Crippen molar-refractivity contribution in [3.63, 3.8) is 0 Å². The average Bonchev–Trinajstić information content (AvgIpc) is 2.44. The van der Waals surface area contributed by atoms with E-state index in [9.17, 15) is 22.0 Å². The molecular formula is C13H8BrF5N2. The minimum Gasteiger partial charge on any atom is -0.271 e. The Hall–Kier alpha value is -1.51. The summed E-state index contributed by atoms with van der Waals surface area (Å²) in [7, 11) is 0. The zero-order valence-electron chi connectivity index (χ0n) is 10.2. The van der Waals surface area contributed by atoms with Gasteiger partial charge in [-0.1, -0.05) is 0 Å². The quantitative estimate of drug-likeness (QED) is 0.286. The first-order chi connectivity index (χ1) is 9.86. The first kappa shape index (κ1) is 15.9. The molecule has 0 radical (unpaired) electrons. The lowest BCUT2D eigenvalue weighted by Crippen LogP contribution is -2.30. The molecule has 0 amide bonds. The van der Waals surface area contributed by atoms with E-state index in [0.717, 1.165) is 12.1 Å². The van der Waals surface area contributed by atoms with Crippen molar-refractivity contribution < 1.29 is 22.0 Å². The van der Waals surface area contributed by atoms with Crippen molar-refractivity contribution in [1.29, 1.82) is 0 Å². The van der Waals surface area contributed by atoms with Gasteiger partial charge in [0, 0.05) is 5.56 Å². The molecule has 3 N–H and O–H groups in total. The Morgan fingerprint density at radius 3 is 2.00 bits per heavy atom. The highest BCUT2D eigenvalue weighted by molar-refractivity contribution is 9.10. The van der Waals surface area contributed by atoms with Crippen molar-refractivity contribution in [2.45, 2.75) is 6.04 Å². The highest BCUT2D eigenvalue weighted by Gasteiger charge is 2.25. The van der Waals surface area contributed by atoms with Gasteiger partial charge in [-0.25, -0.2) is 27.4 Å². The van der Waals surface area contributed by atoms with Gasteiger partial charge >= 0.3 is 0 Å². The molecule has 0 aliphatic carbocycles. The Balaban J connectivity index is 2.63. The van der Waals surface area contributed by atoms with Gasteiger partial charge in [-0.15, -0.1) is 0 Å². The Bertz CT molecular complexity index is 669. The summed E-state index contributed by atoms with van der Waals surface area (Å²) >= 11 is 2.87. The first-order valence-corrected chi connectivity index (χ1v) is 6.40. The number of hydrogen-bond donors (Lipinski definition) is 2. The summed E-state index contributed by atoms with van der Waals surface area (Å²) < 4.78 is 67.2. The number of hydrazine groups is 1. The van der Waals surface area contributed by atoms with Crippen LogP contribution >= 0.6 is 15.9 Å². The molecule has 2 aromatic rings. The fourth-order valence-electron chi connectivity index (χ4n) is 1.90. The molecule has 0 aliphatic heterocycles. The van der Waals surface area contributed by atoms with Crippen molar-refractivity contribution in [2.24, 2.45) is 5.84 Å². The molecule has 0 bridgehead atoms. The van der Waals surface area contributed by atoms with E-state index >= 15 is 0 Å². The molecule has 21 heavy (non-hydrogen) atoms. The molecule has 0 aliphatic rings. The van der Waals surface area contributed by atoms with Crippen molar-refractivity contribution in [3.05, 3.63) is 69.0 Å². The Morgan fingerprint density at radius 2 is 1.48 bits per heavy atom. The summed E-state index contributed by atoms with van der Waals surface area (Å²) in [6.07, 6.45) is 0. The van der Waals surface area contributed by atoms with E-state index in [1.807, 2.05) is 0 Å². The monoisotopic (exact) mass is 366 g/mol. The van der Waals surface area contributed by atoms with Crippen LogP contribution in [0.1, 0.15) is 17.2 Å². The van der Waals surface area contributed by atoms with Crippen molar-refractivity contribution in [2.75, 3.05) is 0 Å². The zero-order chi connectivity index (χ0) is 15.7. The van der Waals surface area contributed by atoms with Gasteiger partial charge in [0.15, 0.2) is 17.5 Å². The summed E-state index contributed by atoms with van der Waals surface area (Å²) in [5, 5.41) is 0. The van der Waals surface area contributed by atoms with Gasteiger partial charge in [-0.2, -0.15) is 0 Å².